The molecule has 0 unspecified atom stereocenters. The molecule has 0 spiro atoms. The van der Waals surface area contributed by atoms with Crippen LogP contribution in [0.3, 0.4) is 0 Å². The van der Waals surface area contributed by atoms with Crippen molar-refractivity contribution in [1.29, 1.82) is 0 Å². The SMILES string of the molecule is NC(=O)[C@@H]1C[C@H](Oc2ccccc2)CN1C(=O)C1(c2ccccc2)CC1. The van der Waals surface area contributed by atoms with Gasteiger partial charge in [0.05, 0.1) is 12.0 Å². The minimum Gasteiger partial charge on any atom is -0.488 e. The molecule has 4 rings (SSSR count). The maximum atomic E-state index is 13.3. The molecule has 2 aromatic rings. The topological polar surface area (TPSA) is 72.6 Å². The van der Waals surface area contributed by atoms with Gasteiger partial charge in [-0.15, -0.1) is 0 Å². The molecule has 1 saturated carbocycles. The molecule has 5 heteroatoms. The molecular weight excluding hydrogens is 328 g/mol. The summed E-state index contributed by atoms with van der Waals surface area (Å²) in [6.45, 7) is 0.385. The van der Waals surface area contributed by atoms with Crippen LogP contribution in [-0.4, -0.2) is 35.4 Å². The Morgan fingerprint density at radius 3 is 2.19 bits per heavy atom. The van der Waals surface area contributed by atoms with E-state index in [1.54, 1.807) is 4.90 Å². The summed E-state index contributed by atoms with van der Waals surface area (Å²) in [6.07, 6.45) is 1.82. The molecule has 2 amide bonds. The fraction of sp³-hybridized carbons (Fsp3) is 0.333. The zero-order valence-electron chi connectivity index (χ0n) is 14.5. The summed E-state index contributed by atoms with van der Waals surface area (Å²) >= 11 is 0. The Morgan fingerprint density at radius 2 is 1.62 bits per heavy atom. The highest BCUT2D eigenvalue weighted by Gasteiger charge is 2.56. The Kier molecular flexibility index (Phi) is 4.15. The maximum Gasteiger partial charge on any atom is 0.240 e. The Labute approximate surface area is 152 Å². The van der Waals surface area contributed by atoms with Crippen LogP contribution in [0.4, 0.5) is 0 Å². The number of carbonyl (C=O) groups is 2. The van der Waals surface area contributed by atoms with E-state index in [0.29, 0.717) is 13.0 Å². The molecule has 1 heterocycles. The highest BCUT2D eigenvalue weighted by atomic mass is 16.5. The minimum atomic E-state index is -0.614. The van der Waals surface area contributed by atoms with E-state index < -0.39 is 17.4 Å². The van der Waals surface area contributed by atoms with E-state index in [-0.39, 0.29) is 12.0 Å². The largest absolute Gasteiger partial charge is 0.488 e. The maximum absolute atomic E-state index is 13.3. The molecule has 134 valence electrons. The van der Waals surface area contributed by atoms with E-state index in [1.165, 1.54) is 0 Å². The lowest BCUT2D eigenvalue weighted by molar-refractivity contribution is -0.139. The van der Waals surface area contributed by atoms with Gasteiger partial charge in [-0.25, -0.2) is 0 Å². The Hall–Kier alpha value is -2.82. The summed E-state index contributed by atoms with van der Waals surface area (Å²) in [5.74, 6) is 0.257. The van der Waals surface area contributed by atoms with Gasteiger partial charge < -0.3 is 15.4 Å². The van der Waals surface area contributed by atoms with Gasteiger partial charge in [-0.05, 0) is 30.5 Å². The molecule has 1 aliphatic heterocycles. The first-order valence-electron chi connectivity index (χ1n) is 8.98. The predicted molar refractivity (Wildman–Crippen MR) is 97.5 cm³/mol. The fourth-order valence-corrected chi connectivity index (χ4v) is 3.85. The van der Waals surface area contributed by atoms with E-state index in [0.717, 1.165) is 24.2 Å². The summed E-state index contributed by atoms with van der Waals surface area (Å²) in [4.78, 5) is 26.9. The number of amides is 2. The summed E-state index contributed by atoms with van der Waals surface area (Å²) < 4.78 is 5.97. The minimum absolute atomic E-state index is 0.00772. The second-order valence-electron chi connectivity index (χ2n) is 7.11. The van der Waals surface area contributed by atoms with Crippen molar-refractivity contribution in [3.8, 4) is 5.75 Å². The number of ether oxygens (including phenoxy) is 1. The van der Waals surface area contributed by atoms with Gasteiger partial charge in [-0.3, -0.25) is 9.59 Å². The number of primary amides is 1. The molecule has 0 bridgehead atoms. The van der Waals surface area contributed by atoms with Crippen LogP contribution in [0, 0.1) is 0 Å². The highest BCUT2D eigenvalue weighted by Crippen LogP contribution is 2.50. The first kappa shape index (κ1) is 16.6. The molecule has 2 atom stereocenters. The van der Waals surface area contributed by atoms with E-state index in [2.05, 4.69) is 0 Å². The number of nitrogens with zero attached hydrogens (tertiary/aromatic N) is 1. The molecule has 2 aromatic carbocycles. The molecule has 1 saturated heterocycles. The molecule has 1 aliphatic carbocycles. The molecule has 2 aliphatic rings. The second-order valence-corrected chi connectivity index (χ2v) is 7.11. The van der Waals surface area contributed by atoms with Crippen LogP contribution in [0.1, 0.15) is 24.8 Å². The van der Waals surface area contributed by atoms with Crippen LogP contribution in [0.25, 0.3) is 0 Å². The number of hydrogen-bond donors (Lipinski definition) is 1. The fourth-order valence-electron chi connectivity index (χ4n) is 3.85. The van der Waals surface area contributed by atoms with Gasteiger partial charge in [-0.1, -0.05) is 48.5 Å². The summed E-state index contributed by atoms with van der Waals surface area (Å²) in [6, 6.07) is 18.6. The average molecular weight is 350 g/mol. The van der Waals surface area contributed by atoms with Gasteiger partial charge in [-0.2, -0.15) is 0 Å². The van der Waals surface area contributed by atoms with E-state index in [4.69, 9.17) is 10.5 Å². The smallest absolute Gasteiger partial charge is 0.240 e. The van der Waals surface area contributed by atoms with Crippen LogP contribution in [0.5, 0.6) is 5.75 Å². The number of carbonyl (C=O) groups excluding carboxylic acids is 2. The third kappa shape index (κ3) is 2.94. The van der Waals surface area contributed by atoms with Crippen molar-refractivity contribution in [2.75, 3.05) is 6.54 Å². The van der Waals surface area contributed by atoms with Crippen molar-refractivity contribution in [2.45, 2.75) is 36.8 Å². The molecule has 0 radical (unpaired) electrons. The van der Waals surface area contributed by atoms with Crippen molar-refractivity contribution in [3.63, 3.8) is 0 Å². The van der Waals surface area contributed by atoms with E-state index >= 15 is 0 Å². The lowest BCUT2D eigenvalue weighted by Crippen LogP contribution is -2.48. The molecule has 0 aromatic heterocycles. The Morgan fingerprint density at radius 1 is 1.00 bits per heavy atom. The number of rotatable bonds is 5. The lowest BCUT2D eigenvalue weighted by atomic mass is 9.94. The van der Waals surface area contributed by atoms with Gasteiger partial charge in [0.2, 0.25) is 11.8 Å². The third-order valence-corrected chi connectivity index (χ3v) is 5.38. The number of benzene rings is 2. The van der Waals surface area contributed by atoms with Crippen molar-refractivity contribution in [1.82, 2.24) is 4.90 Å². The van der Waals surface area contributed by atoms with Crippen LogP contribution < -0.4 is 10.5 Å². The molecule has 5 nitrogen and oxygen atoms in total. The normalized spacial score (nSPS) is 23.5. The zero-order chi connectivity index (χ0) is 18.1. The van der Waals surface area contributed by atoms with E-state index in [1.807, 2.05) is 60.7 Å². The standard InChI is InChI=1S/C21H22N2O3/c22-19(24)18-13-17(26-16-9-5-2-6-10-16)14-23(18)20(25)21(11-12-21)15-7-3-1-4-8-15/h1-10,17-18H,11-14H2,(H2,22,24)/t17-,18-/m0/s1. The van der Waals surface area contributed by atoms with Crippen molar-refractivity contribution in [3.05, 3.63) is 66.2 Å². The van der Waals surface area contributed by atoms with Crippen LogP contribution >= 0.6 is 0 Å². The van der Waals surface area contributed by atoms with E-state index in [9.17, 15) is 9.59 Å². The van der Waals surface area contributed by atoms with Gasteiger partial charge in [0.1, 0.15) is 17.9 Å². The number of likely N-dealkylation sites (tertiary alicyclic amines) is 1. The number of para-hydroxylation sites is 1. The molecule has 26 heavy (non-hydrogen) atoms. The van der Waals surface area contributed by atoms with Gasteiger partial charge in [0.15, 0.2) is 0 Å². The summed E-state index contributed by atoms with van der Waals surface area (Å²) in [5.41, 5.74) is 6.11. The number of nitrogens with two attached hydrogens (primary N) is 1. The zero-order valence-corrected chi connectivity index (χ0v) is 14.5. The molecule has 2 fully saturated rings. The van der Waals surface area contributed by atoms with Crippen LogP contribution in [0.15, 0.2) is 60.7 Å². The number of hydrogen-bond acceptors (Lipinski definition) is 3. The first-order chi connectivity index (χ1) is 12.6. The van der Waals surface area contributed by atoms with Crippen molar-refractivity contribution < 1.29 is 14.3 Å². The summed E-state index contributed by atoms with van der Waals surface area (Å²) in [7, 11) is 0. The van der Waals surface area contributed by atoms with Gasteiger partial charge in [0, 0.05) is 6.42 Å². The molecular formula is C21H22N2O3. The highest BCUT2D eigenvalue weighted by molar-refractivity contribution is 5.95. The Bertz CT molecular complexity index is 803. The predicted octanol–water partition coefficient (Wildman–Crippen LogP) is 2.25. The van der Waals surface area contributed by atoms with Gasteiger partial charge in [0.25, 0.3) is 0 Å². The van der Waals surface area contributed by atoms with Gasteiger partial charge >= 0.3 is 0 Å². The van der Waals surface area contributed by atoms with Crippen LogP contribution in [-0.2, 0) is 15.0 Å². The first-order valence-corrected chi connectivity index (χ1v) is 8.98. The Balaban J connectivity index is 1.54. The third-order valence-electron chi connectivity index (χ3n) is 5.38. The quantitative estimate of drug-likeness (QED) is 0.899. The average Bonchev–Trinajstić information content (AvgIpc) is 3.37. The van der Waals surface area contributed by atoms with Crippen molar-refractivity contribution >= 4 is 11.8 Å². The summed E-state index contributed by atoms with van der Waals surface area (Å²) in [5, 5.41) is 0. The molecule has 2 N–H and O–H groups in total. The van der Waals surface area contributed by atoms with Crippen LogP contribution in [0.2, 0.25) is 0 Å². The second kappa shape index (κ2) is 6.48. The van der Waals surface area contributed by atoms with Crippen molar-refractivity contribution in [2.24, 2.45) is 5.73 Å². The monoisotopic (exact) mass is 350 g/mol. The lowest BCUT2D eigenvalue weighted by Gasteiger charge is -2.27.